The van der Waals surface area contributed by atoms with Crippen molar-refractivity contribution < 1.29 is 0 Å². The third-order valence-electron chi connectivity index (χ3n) is 3.35. The molecular formula is C14H21N5. The van der Waals surface area contributed by atoms with Gasteiger partial charge in [0.1, 0.15) is 6.33 Å². The van der Waals surface area contributed by atoms with E-state index in [4.69, 9.17) is 0 Å². The summed E-state index contributed by atoms with van der Waals surface area (Å²) in [5.41, 5.74) is 2.38. The summed E-state index contributed by atoms with van der Waals surface area (Å²) in [5, 5.41) is 7.73. The second kappa shape index (κ2) is 6.43. The number of hydrogen-bond acceptors (Lipinski definition) is 4. The SMILES string of the molecule is CC(C)[C@H](CNCc1cncnc1)c1ccnn1C. The lowest BCUT2D eigenvalue weighted by Gasteiger charge is -2.21. The monoisotopic (exact) mass is 259 g/mol. The first-order valence-electron chi connectivity index (χ1n) is 6.61. The molecule has 5 nitrogen and oxygen atoms in total. The average molecular weight is 259 g/mol. The molecule has 0 aromatic carbocycles. The Kier molecular flexibility index (Phi) is 4.63. The van der Waals surface area contributed by atoms with Crippen molar-refractivity contribution >= 4 is 0 Å². The Balaban J connectivity index is 1.94. The van der Waals surface area contributed by atoms with Crippen LogP contribution in [-0.4, -0.2) is 26.3 Å². The number of nitrogens with one attached hydrogen (secondary N) is 1. The van der Waals surface area contributed by atoms with Crippen LogP contribution in [0.25, 0.3) is 0 Å². The van der Waals surface area contributed by atoms with Crippen LogP contribution in [0, 0.1) is 5.92 Å². The predicted molar refractivity (Wildman–Crippen MR) is 74.5 cm³/mol. The third kappa shape index (κ3) is 3.61. The van der Waals surface area contributed by atoms with Gasteiger partial charge in [-0.05, 0) is 12.0 Å². The lowest BCUT2D eigenvalue weighted by Crippen LogP contribution is -2.26. The van der Waals surface area contributed by atoms with Gasteiger partial charge in [-0.3, -0.25) is 4.68 Å². The van der Waals surface area contributed by atoms with E-state index in [0.717, 1.165) is 18.7 Å². The Morgan fingerprint density at radius 1 is 1.26 bits per heavy atom. The van der Waals surface area contributed by atoms with Crippen molar-refractivity contribution in [2.75, 3.05) is 6.54 Å². The van der Waals surface area contributed by atoms with Crippen molar-refractivity contribution in [3.8, 4) is 0 Å². The maximum absolute atomic E-state index is 4.26. The van der Waals surface area contributed by atoms with Gasteiger partial charge in [0.25, 0.3) is 0 Å². The first kappa shape index (κ1) is 13.7. The summed E-state index contributed by atoms with van der Waals surface area (Å²) in [4.78, 5) is 8.03. The van der Waals surface area contributed by atoms with Crippen LogP contribution in [0.4, 0.5) is 0 Å². The number of aromatic nitrogens is 4. The molecule has 0 radical (unpaired) electrons. The molecule has 0 spiro atoms. The summed E-state index contributed by atoms with van der Waals surface area (Å²) < 4.78 is 1.96. The molecule has 1 N–H and O–H groups in total. The summed E-state index contributed by atoms with van der Waals surface area (Å²) in [5.74, 6) is 1.02. The van der Waals surface area contributed by atoms with Crippen LogP contribution in [0.2, 0.25) is 0 Å². The van der Waals surface area contributed by atoms with Gasteiger partial charge in [0.2, 0.25) is 0 Å². The maximum atomic E-state index is 4.26. The highest BCUT2D eigenvalue weighted by Crippen LogP contribution is 2.22. The summed E-state index contributed by atoms with van der Waals surface area (Å²) in [6.45, 7) is 6.20. The van der Waals surface area contributed by atoms with Gasteiger partial charge in [0.05, 0.1) is 0 Å². The first-order chi connectivity index (χ1) is 9.18. The Bertz CT molecular complexity index is 492. The van der Waals surface area contributed by atoms with Crippen LogP contribution in [0.5, 0.6) is 0 Å². The van der Waals surface area contributed by atoms with Gasteiger partial charge in [0, 0.05) is 55.9 Å². The second-order valence-corrected chi connectivity index (χ2v) is 5.11. The minimum atomic E-state index is 0.456. The number of aryl methyl sites for hydroxylation is 1. The summed E-state index contributed by atoms with van der Waals surface area (Å²) in [6, 6.07) is 2.10. The standard InChI is InChI=1S/C14H21N5/c1-11(2)13(14-4-5-18-19(14)3)9-15-6-12-7-16-10-17-8-12/h4-5,7-8,10-11,13,15H,6,9H2,1-3H3/t13-/m0/s1. The summed E-state index contributed by atoms with van der Waals surface area (Å²) in [6.07, 6.45) is 7.09. The number of hydrogen-bond donors (Lipinski definition) is 1. The van der Waals surface area contributed by atoms with E-state index in [1.807, 2.05) is 30.3 Å². The number of rotatable bonds is 6. The van der Waals surface area contributed by atoms with Crippen molar-refractivity contribution in [2.24, 2.45) is 13.0 Å². The fourth-order valence-electron chi connectivity index (χ4n) is 2.22. The molecule has 19 heavy (non-hydrogen) atoms. The van der Waals surface area contributed by atoms with E-state index >= 15 is 0 Å². The van der Waals surface area contributed by atoms with Gasteiger partial charge >= 0.3 is 0 Å². The zero-order chi connectivity index (χ0) is 13.7. The van der Waals surface area contributed by atoms with Crippen LogP contribution in [-0.2, 0) is 13.6 Å². The van der Waals surface area contributed by atoms with E-state index in [9.17, 15) is 0 Å². The van der Waals surface area contributed by atoms with Crippen molar-refractivity contribution in [2.45, 2.75) is 26.3 Å². The van der Waals surface area contributed by atoms with Crippen LogP contribution in [0.3, 0.4) is 0 Å². The molecular weight excluding hydrogens is 238 g/mol. The van der Waals surface area contributed by atoms with Crippen molar-refractivity contribution in [1.29, 1.82) is 0 Å². The Morgan fingerprint density at radius 3 is 2.58 bits per heavy atom. The fourth-order valence-corrected chi connectivity index (χ4v) is 2.22. The van der Waals surface area contributed by atoms with E-state index in [0.29, 0.717) is 11.8 Å². The van der Waals surface area contributed by atoms with Gasteiger partial charge in [-0.15, -0.1) is 0 Å². The largest absolute Gasteiger partial charge is 0.312 e. The van der Waals surface area contributed by atoms with Gasteiger partial charge < -0.3 is 5.32 Å². The molecule has 0 amide bonds. The molecule has 0 unspecified atom stereocenters. The highest BCUT2D eigenvalue weighted by molar-refractivity contribution is 5.10. The van der Waals surface area contributed by atoms with Gasteiger partial charge in [0.15, 0.2) is 0 Å². The zero-order valence-corrected chi connectivity index (χ0v) is 11.7. The molecule has 5 heteroatoms. The first-order valence-corrected chi connectivity index (χ1v) is 6.61. The smallest absolute Gasteiger partial charge is 0.115 e. The Labute approximate surface area is 114 Å². The highest BCUT2D eigenvalue weighted by Gasteiger charge is 2.18. The minimum absolute atomic E-state index is 0.456. The molecule has 2 aromatic heterocycles. The van der Waals surface area contributed by atoms with Gasteiger partial charge in [-0.1, -0.05) is 13.8 Å². The molecule has 0 aliphatic rings. The quantitative estimate of drug-likeness (QED) is 0.858. The van der Waals surface area contributed by atoms with Gasteiger partial charge in [-0.2, -0.15) is 5.10 Å². The second-order valence-electron chi connectivity index (χ2n) is 5.11. The zero-order valence-electron chi connectivity index (χ0n) is 11.7. The molecule has 0 saturated heterocycles. The molecule has 2 rings (SSSR count). The van der Waals surface area contributed by atoms with Crippen molar-refractivity contribution in [3.05, 3.63) is 42.2 Å². The van der Waals surface area contributed by atoms with E-state index in [1.165, 1.54) is 5.69 Å². The van der Waals surface area contributed by atoms with Crippen molar-refractivity contribution in [1.82, 2.24) is 25.1 Å². The summed E-state index contributed by atoms with van der Waals surface area (Å²) >= 11 is 0. The molecule has 2 aromatic rings. The lowest BCUT2D eigenvalue weighted by molar-refractivity contribution is 0.436. The fraction of sp³-hybridized carbons (Fsp3) is 0.500. The molecule has 0 bridgehead atoms. The highest BCUT2D eigenvalue weighted by atomic mass is 15.3. The van der Waals surface area contributed by atoms with Gasteiger partial charge in [-0.25, -0.2) is 9.97 Å². The summed E-state index contributed by atoms with van der Waals surface area (Å²) in [7, 11) is 2.00. The van der Waals surface area contributed by atoms with Crippen LogP contribution >= 0.6 is 0 Å². The van der Waals surface area contributed by atoms with Crippen LogP contribution < -0.4 is 5.32 Å². The van der Waals surface area contributed by atoms with Crippen LogP contribution in [0.15, 0.2) is 31.0 Å². The predicted octanol–water partition coefficient (Wildman–Crippen LogP) is 1.74. The number of nitrogens with zero attached hydrogens (tertiary/aromatic N) is 4. The third-order valence-corrected chi connectivity index (χ3v) is 3.35. The maximum Gasteiger partial charge on any atom is 0.115 e. The topological polar surface area (TPSA) is 55.6 Å². The molecule has 0 aliphatic heterocycles. The molecule has 0 fully saturated rings. The lowest BCUT2D eigenvalue weighted by atomic mass is 9.92. The van der Waals surface area contributed by atoms with E-state index in [1.54, 1.807) is 6.33 Å². The molecule has 102 valence electrons. The van der Waals surface area contributed by atoms with Crippen molar-refractivity contribution in [3.63, 3.8) is 0 Å². The van der Waals surface area contributed by atoms with E-state index in [-0.39, 0.29) is 0 Å². The average Bonchev–Trinajstić information content (AvgIpc) is 2.82. The minimum Gasteiger partial charge on any atom is -0.312 e. The normalized spacial score (nSPS) is 12.8. The molecule has 0 aliphatic carbocycles. The Hall–Kier alpha value is -1.75. The Morgan fingerprint density at radius 2 is 2.00 bits per heavy atom. The van der Waals surface area contributed by atoms with E-state index < -0.39 is 0 Å². The molecule has 2 heterocycles. The molecule has 1 atom stereocenters. The van der Waals surface area contributed by atoms with E-state index in [2.05, 4.69) is 40.3 Å². The van der Waals surface area contributed by atoms with Crippen LogP contribution in [0.1, 0.15) is 31.0 Å². The molecule has 0 saturated carbocycles.